The largest absolute Gasteiger partial charge is 0.349 e. The van der Waals surface area contributed by atoms with Gasteiger partial charge in [-0.05, 0) is 17.3 Å². The highest BCUT2D eigenvalue weighted by atomic mass is 19.1. The molecule has 2 rings (SSSR count). The van der Waals surface area contributed by atoms with Crippen molar-refractivity contribution in [1.82, 2.24) is 4.98 Å². The summed E-state index contributed by atoms with van der Waals surface area (Å²) >= 11 is 0. The van der Waals surface area contributed by atoms with Gasteiger partial charge in [0.1, 0.15) is 11.9 Å². The quantitative estimate of drug-likeness (QED) is 0.512. The minimum Gasteiger partial charge on any atom is -0.349 e. The van der Waals surface area contributed by atoms with Crippen LogP contribution in [0.15, 0.2) is 35.9 Å². The molecule has 0 aliphatic rings. The second-order valence-corrected chi connectivity index (χ2v) is 3.80. The molecule has 1 aromatic carbocycles. The number of hydrogen-bond donors (Lipinski definition) is 1. The molecule has 0 aliphatic heterocycles. The van der Waals surface area contributed by atoms with E-state index in [-0.39, 0.29) is 5.69 Å². The summed E-state index contributed by atoms with van der Waals surface area (Å²) < 4.78 is 25.5. The number of hydrogen-bond acceptors (Lipinski definition) is 4. The Balaban J connectivity index is 2.35. The lowest BCUT2D eigenvalue weighted by molar-refractivity contribution is -0.596. The van der Waals surface area contributed by atoms with Crippen LogP contribution < -0.4 is 4.57 Å². The minimum absolute atomic E-state index is 0.0456. The van der Waals surface area contributed by atoms with E-state index in [4.69, 9.17) is 9.47 Å². The number of aromatic nitrogens is 2. The summed E-state index contributed by atoms with van der Waals surface area (Å²) in [7, 11) is 3.01. The van der Waals surface area contributed by atoms with Crippen LogP contribution in [0.2, 0.25) is 0 Å². The van der Waals surface area contributed by atoms with Crippen molar-refractivity contribution in [2.75, 3.05) is 14.2 Å². The normalized spacial score (nSPS) is 10.9. The molecule has 7 heteroatoms. The Labute approximate surface area is 108 Å². The van der Waals surface area contributed by atoms with E-state index in [1.165, 1.54) is 30.9 Å². The van der Waals surface area contributed by atoms with E-state index in [0.717, 1.165) is 6.07 Å². The summed E-state index contributed by atoms with van der Waals surface area (Å²) in [6.45, 7) is 0. The number of H-pyrrole nitrogens is 1. The van der Waals surface area contributed by atoms with E-state index in [9.17, 15) is 9.30 Å². The van der Waals surface area contributed by atoms with E-state index in [1.807, 2.05) is 0 Å². The number of imidazole rings is 1. The lowest BCUT2D eigenvalue weighted by atomic mass is 10.2. The van der Waals surface area contributed by atoms with Crippen molar-refractivity contribution in [3.63, 3.8) is 0 Å². The van der Waals surface area contributed by atoms with Crippen LogP contribution in [-0.4, -0.2) is 19.2 Å². The summed E-state index contributed by atoms with van der Waals surface area (Å²) in [5.41, 5.74) is 0.979. The van der Waals surface area contributed by atoms with Crippen LogP contribution in [-0.2, 0) is 9.47 Å². The maximum absolute atomic E-state index is 13.8. The van der Waals surface area contributed by atoms with Gasteiger partial charge in [0.2, 0.25) is 12.6 Å². The molecular weight excluding hydrogens is 253 g/mol. The molecule has 0 spiro atoms. The standard InChI is InChI=1S/C12H12FN3O3/c1-18-12(19-2)10-6-16(7-14-10)11-4-3-8(15-17)5-9(11)13/h3-7,12H,1-2H3/p+1. The first kappa shape index (κ1) is 13.3. The van der Waals surface area contributed by atoms with Crippen molar-refractivity contribution in [2.24, 2.45) is 5.18 Å². The Bertz CT molecular complexity index is 581. The number of ether oxygens (including phenoxy) is 2. The molecule has 100 valence electrons. The Morgan fingerprint density at radius 2 is 2.11 bits per heavy atom. The van der Waals surface area contributed by atoms with Crippen molar-refractivity contribution >= 4 is 5.69 Å². The topological polar surface area (TPSA) is 67.6 Å². The molecule has 0 saturated carbocycles. The van der Waals surface area contributed by atoms with Gasteiger partial charge in [-0.25, -0.2) is 9.37 Å². The van der Waals surface area contributed by atoms with E-state index in [0.29, 0.717) is 11.4 Å². The highest BCUT2D eigenvalue weighted by Crippen LogP contribution is 2.18. The summed E-state index contributed by atoms with van der Waals surface area (Å²) in [5.74, 6) is -0.543. The summed E-state index contributed by atoms with van der Waals surface area (Å²) in [6.07, 6.45) is 2.65. The molecule has 0 saturated heterocycles. The van der Waals surface area contributed by atoms with Crippen molar-refractivity contribution in [3.8, 4) is 5.69 Å². The number of halogens is 1. The Hall–Kier alpha value is -2.12. The number of nitrogens with zero attached hydrogens (tertiary/aromatic N) is 2. The maximum Gasteiger partial charge on any atom is 0.247 e. The Kier molecular flexibility index (Phi) is 3.98. The Morgan fingerprint density at radius 3 is 2.68 bits per heavy atom. The Morgan fingerprint density at radius 1 is 1.37 bits per heavy atom. The second-order valence-electron chi connectivity index (χ2n) is 3.80. The first-order valence-corrected chi connectivity index (χ1v) is 5.48. The van der Waals surface area contributed by atoms with Crippen molar-refractivity contribution < 1.29 is 18.4 Å². The number of aromatic amines is 1. The molecule has 0 atom stereocenters. The molecule has 0 aliphatic carbocycles. The molecule has 0 bridgehead atoms. The molecule has 0 radical (unpaired) electrons. The van der Waals surface area contributed by atoms with Crippen LogP contribution in [0.25, 0.3) is 5.69 Å². The van der Waals surface area contributed by atoms with Crippen LogP contribution in [0.3, 0.4) is 0 Å². The molecule has 2 aromatic rings. The first-order chi connectivity index (χ1) is 9.19. The predicted molar refractivity (Wildman–Crippen MR) is 64.5 cm³/mol. The third-order valence-corrected chi connectivity index (χ3v) is 2.65. The lowest BCUT2D eigenvalue weighted by Gasteiger charge is -2.06. The molecule has 1 N–H and O–H groups in total. The van der Waals surface area contributed by atoms with E-state index in [1.54, 1.807) is 12.5 Å². The van der Waals surface area contributed by atoms with Crippen molar-refractivity contribution in [3.05, 3.63) is 47.1 Å². The van der Waals surface area contributed by atoms with Gasteiger partial charge in [-0.2, -0.15) is 4.57 Å². The number of methoxy groups -OCH3 is 2. The van der Waals surface area contributed by atoms with Gasteiger partial charge in [0.05, 0.1) is 0 Å². The van der Waals surface area contributed by atoms with Gasteiger partial charge in [0.15, 0.2) is 17.2 Å². The van der Waals surface area contributed by atoms with Gasteiger partial charge >= 0.3 is 0 Å². The van der Waals surface area contributed by atoms with Crippen molar-refractivity contribution in [1.29, 1.82) is 0 Å². The fourth-order valence-electron chi connectivity index (χ4n) is 1.75. The SMILES string of the molecule is COC(OC)c1c[n+](-c2ccc(N=O)cc2F)c[nH]1. The van der Waals surface area contributed by atoms with Gasteiger partial charge in [-0.15, -0.1) is 4.91 Å². The molecule has 0 fully saturated rings. The molecule has 0 unspecified atom stereocenters. The fourth-order valence-corrected chi connectivity index (χ4v) is 1.75. The molecular formula is C12H13FN3O3+. The average Bonchev–Trinajstić information content (AvgIpc) is 2.89. The van der Waals surface area contributed by atoms with E-state index < -0.39 is 12.1 Å². The van der Waals surface area contributed by atoms with Gasteiger partial charge < -0.3 is 9.47 Å². The summed E-state index contributed by atoms with van der Waals surface area (Å²) in [6, 6.07) is 3.99. The lowest BCUT2D eigenvalue weighted by Crippen LogP contribution is -2.28. The molecule has 6 nitrogen and oxygen atoms in total. The fraction of sp³-hybridized carbons (Fsp3) is 0.250. The van der Waals surface area contributed by atoms with Gasteiger partial charge in [0, 0.05) is 20.3 Å². The average molecular weight is 266 g/mol. The van der Waals surface area contributed by atoms with Crippen LogP contribution in [0.5, 0.6) is 0 Å². The van der Waals surface area contributed by atoms with Crippen LogP contribution >= 0.6 is 0 Å². The molecule has 19 heavy (non-hydrogen) atoms. The molecule has 1 aromatic heterocycles. The predicted octanol–water partition coefficient (Wildman–Crippen LogP) is 2.12. The highest BCUT2D eigenvalue weighted by Gasteiger charge is 2.19. The minimum atomic E-state index is -0.555. The number of nitrogens with one attached hydrogen (secondary N) is 1. The number of nitroso groups, excluding NO2 is 1. The second kappa shape index (κ2) is 5.68. The number of rotatable bonds is 5. The smallest absolute Gasteiger partial charge is 0.247 e. The third-order valence-electron chi connectivity index (χ3n) is 2.65. The maximum atomic E-state index is 13.8. The highest BCUT2D eigenvalue weighted by molar-refractivity contribution is 5.42. The van der Waals surface area contributed by atoms with E-state index in [2.05, 4.69) is 10.2 Å². The zero-order valence-corrected chi connectivity index (χ0v) is 10.5. The third kappa shape index (κ3) is 2.67. The summed E-state index contributed by atoms with van der Waals surface area (Å²) in [4.78, 5) is 13.2. The van der Waals surface area contributed by atoms with Crippen LogP contribution in [0.4, 0.5) is 10.1 Å². The number of benzene rings is 1. The van der Waals surface area contributed by atoms with Gasteiger partial charge in [-0.3, -0.25) is 0 Å². The zero-order valence-electron chi connectivity index (χ0n) is 10.5. The first-order valence-electron chi connectivity index (χ1n) is 5.48. The summed E-state index contributed by atoms with van der Waals surface area (Å²) in [5, 5.41) is 2.68. The molecule has 1 heterocycles. The zero-order chi connectivity index (χ0) is 13.8. The van der Waals surface area contributed by atoms with Crippen LogP contribution in [0, 0.1) is 10.7 Å². The monoisotopic (exact) mass is 266 g/mol. The van der Waals surface area contributed by atoms with Gasteiger partial charge in [0.25, 0.3) is 0 Å². The van der Waals surface area contributed by atoms with E-state index >= 15 is 0 Å². The molecule has 0 amide bonds. The van der Waals surface area contributed by atoms with Gasteiger partial charge in [-0.1, -0.05) is 0 Å². The van der Waals surface area contributed by atoms with Crippen molar-refractivity contribution in [2.45, 2.75) is 6.29 Å². The van der Waals surface area contributed by atoms with Crippen LogP contribution in [0.1, 0.15) is 12.0 Å².